The van der Waals surface area contributed by atoms with E-state index >= 15 is 0 Å². The van der Waals surface area contributed by atoms with Crippen molar-refractivity contribution in [3.8, 4) is 10.9 Å². The van der Waals surface area contributed by atoms with E-state index in [0.717, 1.165) is 56.3 Å². The number of esters is 1. The van der Waals surface area contributed by atoms with Gasteiger partial charge in [-0.2, -0.15) is 0 Å². The number of hydrogen-bond acceptors (Lipinski definition) is 10. The maximum atomic E-state index is 12.3. The molecule has 0 aliphatic rings. The molecular weight excluding hydrogens is 524 g/mol. The van der Waals surface area contributed by atoms with Crippen LogP contribution in [0, 0.1) is 0 Å². The highest BCUT2D eigenvalue weighted by Crippen LogP contribution is 2.20. The number of primary amides is 1. The van der Waals surface area contributed by atoms with Gasteiger partial charge in [0.2, 0.25) is 5.91 Å². The first-order chi connectivity index (χ1) is 18.8. The van der Waals surface area contributed by atoms with Crippen molar-refractivity contribution >= 4 is 29.1 Å². The number of thiazole rings is 1. The summed E-state index contributed by atoms with van der Waals surface area (Å²) < 4.78 is 16.0. The van der Waals surface area contributed by atoms with Crippen molar-refractivity contribution in [2.75, 3.05) is 39.5 Å². The Morgan fingerprint density at radius 3 is 2.36 bits per heavy atom. The predicted molar refractivity (Wildman–Crippen MR) is 148 cm³/mol. The molecule has 1 aromatic heterocycles. The van der Waals surface area contributed by atoms with E-state index in [0.29, 0.717) is 54.2 Å². The molecule has 0 spiro atoms. The lowest BCUT2D eigenvalue weighted by Gasteiger charge is -2.12. The molecule has 0 saturated heterocycles. The summed E-state index contributed by atoms with van der Waals surface area (Å²) >= 11 is 1.14. The molecule has 1 unspecified atom stereocenters. The predicted octanol–water partition coefficient (Wildman–Crippen LogP) is 2.67. The molecule has 1 heterocycles. The Morgan fingerprint density at radius 1 is 0.974 bits per heavy atom. The van der Waals surface area contributed by atoms with Crippen molar-refractivity contribution in [2.24, 2.45) is 5.73 Å². The summed E-state index contributed by atoms with van der Waals surface area (Å²) in [6.45, 7) is 3.76. The normalized spacial score (nSPS) is 11.5. The average molecular weight is 565 g/mol. The maximum Gasteiger partial charge on any atom is 0.302 e. The molecule has 39 heavy (non-hydrogen) atoms. The van der Waals surface area contributed by atoms with Crippen molar-refractivity contribution in [3.05, 3.63) is 40.9 Å². The van der Waals surface area contributed by atoms with Gasteiger partial charge in [0.25, 0.3) is 11.1 Å². The molecule has 2 aromatic rings. The second kappa shape index (κ2) is 18.9. The van der Waals surface area contributed by atoms with Gasteiger partial charge in [0.15, 0.2) is 0 Å². The van der Waals surface area contributed by atoms with Crippen LogP contribution in [0.4, 0.5) is 0 Å². The van der Waals surface area contributed by atoms with Gasteiger partial charge in [0.05, 0.1) is 12.8 Å². The van der Waals surface area contributed by atoms with Crippen LogP contribution in [-0.2, 0) is 9.53 Å². The summed E-state index contributed by atoms with van der Waals surface area (Å²) in [7, 11) is 0. The number of nitrogens with two attached hydrogens (primary N) is 1. The Morgan fingerprint density at radius 2 is 1.67 bits per heavy atom. The zero-order valence-corrected chi connectivity index (χ0v) is 23.3. The zero-order chi connectivity index (χ0) is 28.3. The highest BCUT2D eigenvalue weighted by atomic mass is 32.1. The van der Waals surface area contributed by atoms with Crippen molar-refractivity contribution in [1.29, 1.82) is 0 Å². The fourth-order valence-corrected chi connectivity index (χ4v) is 4.19. The highest BCUT2D eigenvalue weighted by molar-refractivity contribution is 7.15. The Labute approximate surface area is 233 Å². The standard InChI is InChI=1S/C27H40N4O7S/c1-20(32)36-15-8-6-4-2-3-5-7-13-30-26(35)24-18-31-27(39-24)38-19-22(33)17-29-14-16-37-23-11-9-21(10-12-23)25(28)34/h9-12,18,22,29,33H,2-8,13-17,19H2,1H3,(H2,28,34)(H,30,35). The van der Waals surface area contributed by atoms with Crippen LogP contribution < -0.4 is 25.8 Å². The summed E-state index contributed by atoms with van der Waals surface area (Å²) in [5.74, 6) is -0.277. The Hall–Kier alpha value is -3.22. The monoisotopic (exact) mass is 564 g/mol. The number of hydrogen-bond donors (Lipinski definition) is 4. The molecule has 1 atom stereocenters. The number of aromatic nitrogens is 1. The quantitative estimate of drug-likeness (QED) is 0.132. The second-order valence-electron chi connectivity index (χ2n) is 8.97. The van der Waals surface area contributed by atoms with Crippen LogP contribution in [-0.4, -0.2) is 73.4 Å². The molecule has 5 N–H and O–H groups in total. The number of carbonyl (C=O) groups excluding carboxylic acids is 3. The third-order valence-electron chi connectivity index (χ3n) is 5.59. The van der Waals surface area contributed by atoms with Gasteiger partial charge in [-0.05, 0) is 37.1 Å². The lowest BCUT2D eigenvalue weighted by atomic mass is 10.1. The molecule has 12 heteroatoms. The van der Waals surface area contributed by atoms with Crippen molar-refractivity contribution in [3.63, 3.8) is 0 Å². The molecule has 0 aliphatic carbocycles. The molecule has 0 aliphatic heterocycles. The van der Waals surface area contributed by atoms with E-state index in [1.165, 1.54) is 13.1 Å². The van der Waals surface area contributed by atoms with E-state index in [1.807, 2.05) is 0 Å². The second-order valence-corrected chi connectivity index (χ2v) is 9.96. The molecule has 11 nitrogen and oxygen atoms in total. The molecule has 2 amide bonds. The number of ether oxygens (including phenoxy) is 3. The Balaban J connectivity index is 1.47. The van der Waals surface area contributed by atoms with E-state index in [4.69, 9.17) is 19.9 Å². The van der Waals surface area contributed by atoms with Crippen molar-refractivity contribution in [2.45, 2.75) is 58.0 Å². The Bertz CT molecular complexity index is 1000. The fourth-order valence-electron chi connectivity index (χ4n) is 3.50. The van der Waals surface area contributed by atoms with Gasteiger partial charge < -0.3 is 35.7 Å². The number of aliphatic hydroxyl groups is 1. The molecule has 0 fully saturated rings. The number of carbonyl (C=O) groups is 3. The summed E-state index contributed by atoms with van der Waals surface area (Å²) in [5.41, 5.74) is 5.62. The average Bonchev–Trinajstić information content (AvgIpc) is 3.39. The lowest BCUT2D eigenvalue weighted by molar-refractivity contribution is -0.141. The van der Waals surface area contributed by atoms with E-state index < -0.39 is 12.0 Å². The molecular formula is C27H40N4O7S. The number of nitrogens with zero attached hydrogens (tertiary/aromatic N) is 1. The van der Waals surface area contributed by atoms with Gasteiger partial charge in [-0.25, -0.2) is 4.98 Å². The summed E-state index contributed by atoms with van der Waals surface area (Å²) in [4.78, 5) is 38.6. The molecule has 0 bridgehead atoms. The van der Waals surface area contributed by atoms with E-state index in [9.17, 15) is 19.5 Å². The van der Waals surface area contributed by atoms with Crippen LogP contribution in [0.15, 0.2) is 30.5 Å². The van der Waals surface area contributed by atoms with Gasteiger partial charge in [-0.1, -0.05) is 43.4 Å². The minimum Gasteiger partial charge on any atom is -0.492 e. The number of rotatable bonds is 21. The molecule has 0 saturated carbocycles. The lowest BCUT2D eigenvalue weighted by Crippen LogP contribution is -2.33. The third kappa shape index (κ3) is 14.5. The van der Waals surface area contributed by atoms with Crippen LogP contribution in [0.1, 0.15) is 71.9 Å². The van der Waals surface area contributed by atoms with Gasteiger partial charge >= 0.3 is 5.97 Å². The van der Waals surface area contributed by atoms with Gasteiger partial charge in [0.1, 0.15) is 29.9 Å². The summed E-state index contributed by atoms with van der Waals surface area (Å²) in [5, 5.41) is 16.4. The summed E-state index contributed by atoms with van der Waals surface area (Å²) in [6.07, 6.45) is 7.99. The van der Waals surface area contributed by atoms with Crippen LogP contribution >= 0.6 is 11.3 Å². The highest BCUT2D eigenvalue weighted by Gasteiger charge is 2.12. The van der Waals surface area contributed by atoms with Gasteiger partial charge in [0, 0.05) is 32.1 Å². The minimum atomic E-state index is -0.755. The van der Waals surface area contributed by atoms with Crippen LogP contribution in [0.2, 0.25) is 0 Å². The van der Waals surface area contributed by atoms with Crippen LogP contribution in [0.3, 0.4) is 0 Å². The van der Waals surface area contributed by atoms with Crippen molar-refractivity contribution < 1.29 is 33.7 Å². The Kier molecular flexibility index (Phi) is 15.5. The maximum absolute atomic E-state index is 12.3. The number of aliphatic hydroxyl groups excluding tert-OH is 1. The first-order valence-corrected chi connectivity index (χ1v) is 14.1. The number of benzene rings is 1. The van der Waals surface area contributed by atoms with E-state index in [2.05, 4.69) is 15.6 Å². The molecule has 2 rings (SSSR count). The number of amides is 2. The topological polar surface area (TPSA) is 162 Å². The van der Waals surface area contributed by atoms with Crippen LogP contribution in [0.25, 0.3) is 0 Å². The van der Waals surface area contributed by atoms with Crippen LogP contribution in [0.5, 0.6) is 10.9 Å². The van der Waals surface area contributed by atoms with Crippen molar-refractivity contribution in [1.82, 2.24) is 15.6 Å². The fraction of sp³-hybridized carbons (Fsp3) is 0.556. The largest absolute Gasteiger partial charge is 0.492 e. The molecule has 216 valence electrons. The van der Waals surface area contributed by atoms with E-state index in [-0.39, 0.29) is 18.5 Å². The molecule has 1 aromatic carbocycles. The zero-order valence-electron chi connectivity index (χ0n) is 22.5. The number of unbranched alkanes of at least 4 members (excludes halogenated alkanes) is 6. The number of nitrogens with one attached hydrogen (secondary N) is 2. The molecule has 0 radical (unpaired) electrons. The van der Waals surface area contributed by atoms with Gasteiger partial charge in [-0.15, -0.1) is 0 Å². The first-order valence-electron chi connectivity index (χ1n) is 13.3. The van der Waals surface area contributed by atoms with E-state index in [1.54, 1.807) is 24.3 Å². The minimum absolute atomic E-state index is 0.0424. The van der Waals surface area contributed by atoms with Gasteiger partial charge in [-0.3, -0.25) is 14.4 Å². The SMILES string of the molecule is CC(=O)OCCCCCCCCCNC(=O)c1cnc(OCC(O)CNCCOc2ccc(C(N)=O)cc2)s1. The summed E-state index contributed by atoms with van der Waals surface area (Å²) in [6, 6.07) is 6.55. The smallest absolute Gasteiger partial charge is 0.302 e. The third-order valence-corrected chi connectivity index (χ3v) is 6.49. The first kappa shape index (κ1) is 32.0.